The molecule has 4 rings (SSSR count). The number of carbonyl (C=O) groups is 1. The van der Waals surface area contributed by atoms with E-state index in [9.17, 15) is 26.4 Å². The van der Waals surface area contributed by atoms with Crippen molar-refractivity contribution >= 4 is 33.0 Å². The second-order valence-corrected chi connectivity index (χ2v) is 10.7. The van der Waals surface area contributed by atoms with E-state index in [1.54, 1.807) is 0 Å². The molecule has 2 N–H and O–H groups in total. The van der Waals surface area contributed by atoms with Gasteiger partial charge in [0.1, 0.15) is 0 Å². The van der Waals surface area contributed by atoms with Gasteiger partial charge in [0.2, 0.25) is 5.91 Å². The predicted molar refractivity (Wildman–Crippen MR) is 129 cm³/mol. The molecule has 7 nitrogen and oxygen atoms in total. The lowest BCUT2D eigenvalue weighted by Gasteiger charge is -2.38. The summed E-state index contributed by atoms with van der Waals surface area (Å²) in [7, 11) is -4.20. The molecule has 2 aliphatic rings. The van der Waals surface area contributed by atoms with Gasteiger partial charge < -0.3 is 15.1 Å². The number of carbonyl (C=O) groups excluding carboxylic acids is 1. The molecular weight excluding hydrogens is 481 g/mol. The molecular formula is C24H29F3N4O3S. The highest BCUT2D eigenvalue weighted by atomic mass is 32.2. The second-order valence-electron chi connectivity index (χ2n) is 9.04. The molecule has 35 heavy (non-hydrogen) atoms. The van der Waals surface area contributed by atoms with E-state index >= 15 is 0 Å². The number of halogens is 3. The molecule has 2 heterocycles. The number of sulfonamides is 1. The summed E-state index contributed by atoms with van der Waals surface area (Å²) in [6.45, 7) is 4.64. The van der Waals surface area contributed by atoms with Crippen LogP contribution in [-0.4, -0.2) is 51.4 Å². The van der Waals surface area contributed by atoms with Crippen LogP contribution >= 0.6 is 0 Å². The monoisotopic (exact) mass is 510 g/mol. The van der Waals surface area contributed by atoms with E-state index in [-0.39, 0.29) is 22.2 Å². The molecule has 0 saturated carbocycles. The number of benzene rings is 2. The second kappa shape index (κ2) is 10.1. The summed E-state index contributed by atoms with van der Waals surface area (Å²) in [6.07, 6.45) is -0.550. The number of piperidine rings is 1. The van der Waals surface area contributed by atoms with Crippen molar-refractivity contribution in [1.29, 1.82) is 0 Å². The zero-order chi connectivity index (χ0) is 25.2. The highest BCUT2D eigenvalue weighted by Gasteiger charge is 2.33. The van der Waals surface area contributed by atoms with E-state index in [0.717, 1.165) is 38.1 Å². The van der Waals surface area contributed by atoms with Crippen molar-refractivity contribution < 1.29 is 26.4 Å². The molecule has 0 aliphatic carbocycles. The van der Waals surface area contributed by atoms with Gasteiger partial charge in [-0.1, -0.05) is 6.07 Å². The number of anilines is 3. The lowest BCUT2D eigenvalue weighted by Crippen LogP contribution is -2.43. The molecule has 0 aromatic heterocycles. The minimum Gasteiger partial charge on any atom is -0.371 e. The van der Waals surface area contributed by atoms with Gasteiger partial charge in [0.15, 0.2) is 0 Å². The fourth-order valence-electron chi connectivity index (χ4n) is 4.77. The third kappa shape index (κ3) is 6.26. The van der Waals surface area contributed by atoms with E-state index in [0.29, 0.717) is 24.8 Å². The van der Waals surface area contributed by atoms with Crippen molar-refractivity contribution in [3.8, 4) is 0 Å². The summed E-state index contributed by atoms with van der Waals surface area (Å²) in [4.78, 5) is 15.5. The number of alkyl halides is 3. The van der Waals surface area contributed by atoms with Crippen LogP contribution in [0.4, 0.5) is 30.2 Å². The van der Waals surface area contributed by atoms with E-state index in [1.807, 2.05) is 4.90 Å². The molecule has 2 fully saturated rings. The Balaban J connectivity index is 1.57. The zero-order valence-electron chi connectivity index (χ0n) is 19.4. The number of hydrogen-bond donors (Lipinski definition) is 2. The maximum absolute atomic E-state index is 13.7. The first kappa shape index (κ1) is 25.3. The number of nitrogens with one attached hydrogen (secondary N) is 2. The summed E-state index contributed by atoms with van der Waals surface area (Å²) >= 11 is 0. The van der Waals surface area contributed by atoms with Crippen LogP contribution in [0.1, 0.15) is 38.2 Å². The van der Waals surface area contributed by atoms with Crippen LogP contribution in [-0.2, 0) is 21.0 Å². The molecule has 2 aliphatic heterocycles. The van der Waals surface area contributed by atoms with Gasteiger partial charge in [0.05, 0.1) is 16.1 Å². The Hall–Kier alpha value is -2.79. The molecule has 2 aromatic rings. The van der Waals surface area contributed by atoms with Crippen molar-refractivity contribution in [2.24, 2.45) is 0 Å². The normalized spacial score (nSPS) is 18.0. The fraction of sp³-hybridized carbons (Fsp3) is 0.458. The molecule has 0 bridgehead atoms. The minimum absolute atomic E-state index is 0.165. The predicted octanol–water partition coefficient (Wildman–Crippen LogP) is 4.53. The first-order valence-electron chi connectivity index (χ1n) is 11.6. The van der Waals surface area contributed by atoms with Crippen molar-refractivity contribution in [3.05, 3.63) is 48.0 Å². The van der Waals surface area contributed by atoms with Crippen molar-refractivity contribution in [3.63, 3.8) is 0 Å². The summed E-state index contributed by atoms with van der Waals surface area (Å²) in [5, 5.41) is 2.50. The summed E-state index contributed by atoms with van der Waals surface area (Å²) in [5.41, 5.74) is -0.474. The Kier molecular flexibility index (Phi) is 7.27. The third-order valence-electron chi connectivity index (χ3n) is 6.45. The first-order chi connectivity index (χ1) is 16.5. The van der Waals surface area contributed by atoms with Gasteiger partial charge in [-0.2, -0.15) is 13.2 Å². The summed E-state index contributed by atoms with van der Waals surface area (Å²) < 4.78 is 69.2. The largest absolute Gasteiger partial charge is 0.416 e. The Labute approximate surface area is 203 Å². The van der Waals surface area contributed by atoms with Gasteiger partial charge >= 0.3 is 6.18 Å². The quantitative estimate of drug-likeness (QED) is 0.597. The highest BCUT2D eigenvalue weighted by molar-refractivity contribution is 7.92. The number of amides is 1. The van der Waals surface area contributed by atoms with Crippen LogP contribution in [0.5, 0.6) is 0 Å². The van der Waals surface area contributed by atoms with Gasteiger partial charge in [0, 0.05) is 37.4 Å². The van der Waals surface area contributed by atoms with E-state index < -0.39 is 21.8 Å². The lowest BCUT2D eigenvalue weighted by atomic mass is 10.0. The zero-order valence-corrected chi connectivity index (χ0v) is 20.3. The molecule has 1 amide bonds. The number of likely N-dealkylation sites (tertiary alicyclic amines) is 1. The van der Waals surface area contributed by atoms with Crippen molar-refractivity contribution in [1.82, 2.24) is 4.90 Å². The standard InChI is InChI=1S/C24H29F3N4O3S/c1-17(32)28-19-5-4-6-23(16-19)35(33,34)29-20-13-18(24(25,26)27)14-22(15-20)31-11-7-21(8-12-31)30-9-2-3-10-30/h4-6,13-16,21,29H,2-3,7-12H2,1H3,(H,28,32). The Morgan fingerprint density at radius 1 is 0.971 bits per heavy atom. The van der Waals surface area contributed by atoms with Crippen LogP contribution in [0, 0.1) is 0 Å². The topological polar surface area (TPSA) is 81.7 Å². The molecule has 0 spiro atoms. The molecule has 0 unspecified atom stereocenters. The first-order valence-corrected chi connectivity index (χ1v) is 13.1. The third-order valence-corrected chi connectivity index (χ3v) is 7.83. The Morgan fingerprint density at radius 3 is 2.29 bits per heavy atom. The van der Waals surface area contributed by atoms with Crippen LogP contribution in [0.2, 0.25) is 0 Å². The van der Waals surface area contributed by atoms with Crippen LogP contribution < -0.4 is 14.9 Å². The van der Waals surface area contributed by atoms with Crippen LogP contribution in [0.3, 0.4) is 0 Å². The van der Waals surface area contributed by atoms with E-state index in [1.165, 1.54) is 50.1 Å². The lowest BCUT2D eigenvalue weighted by molar-refractivity contribution is -0.137. The summed E-state index contributed by atoms with van der Waals surface area (Å²) in [5.74, 6) is -0.372. The van der Waals surface area contributed by atoms with Gasteiger partial charge in [-0.05, 0) is 75.2 Å². The van der Waals surface area contributed by atoms with Gasteiger partial charge in [-0.15, -0.1) is 0 Å². The number of rotatable bonds is 6. The molecule has 0 radical (unpaired) electrons. The van der Waals surface area contributed by atoms with Crippen LogP contribution in [0.25, 0.3) is 0 Å². The Bertz CT molecular complexity index is 1170. The number of nitrogens with zero attached hydrogens (tertiary/aromatic N) is 2. The fourth-order valence-corrected chi connectivity index (χ4v) is 5.86. The average Bonchev–Trinajstić information content (AvgIpc) is 3.33. The number of hydrogen-bond acceptors (Lipinski definition) is 5. The average molecular weight is 511 g/mol. The van der Waals surface area contributed by atoms with Gasteiger partial charge in [0.25, 0.3) is 10.0 Å². The maximum Gasteiger partial charge on any atom is 0.416 e. The molecule has 2 aromatic carbocycles. The smallest absolute Gasteiger partial charge is 0.371 e. The molecule has 0 atom stereocenters. The minimum atomic E-state index is -4.63. The Morgan fingerprint density at radius 2 is 1.66 bits per heavy atom. The maximum atomic E-state index is 13.7. The summed E-state index contributed by atoms with van der Waals surface area (Å²) in [6, 6.07) is 9.29. The van der Waals surface area contributed by atoms with Gasteiger partial charge in [-0.25, -0.2) is 8.42 Å². The van der Waals surface area contributed by atoms with Crippen molar-refractivity contribution in [2.75, 3.05) is 41.1 Å². The molecule has 2 saturated heterocycles. The van der Waals surface area contributed by atoms with E-state index in [2.05, 4.69) is 14.9 Å². The van der Waals surface area contributed by atoms with Crippen LogP contribution in [0.15, 0.2) is 47.4 Å². The highest BCUT2D eigenvalue weighted by Crippen LogP contribution is 2.36. The molecule has 11 heteroatoms. The van der Waals surface area contributed by atoms with E-state index in [4.69, 9.17) is 0 Å². The molecule has 190 valence electrons. The van der Waals surface area contributed by atoms with Crippen molar-refractivity contribution in [2.45, 2.75) is 49.7 Å². The van der Waals surface area contributed by atoms with Gasteiger partial charge in [-0.3, -0.25) is 9.52 Å². The SMILES string of the molecule is CC(=O)Nc1cccc(S(=O)(=O)Nc2cc(N3CCC(N4CCCC4)CC3)cc(C(F)(F)F)c2)c1.